The number of carboxylic acids is 1. The number of carboxylic acid groups (broad SMARTS) is 1. The molecule has 0 aliphatic rings. The number of halogens is 3. The van der Waals surface area contributed by atoms with Crippen molar-refractivity contribution in [2.45, 2.75) is 38.0 Å². The van der Waals surface area contributed by atoms with Crippen LogP contribution >= 0.6 is 0 Å². The summed E-state index contributed by atoms with van der Waals surface area (Å²) in [6.45, 7) is 2.31. The van der Waals surface area contributed by atoms with E-state index in [1.54, 1.807) is 19.9 Å². The lowest BCUT2D eigenvalue weighted by molar-refractivity contribution is -0.167. The highest BCUT2D eigenvalue weighted by Crippen LogP contribution is 2.33. The van der Waals surface area contributed by atoms with E-state index in [1.165, 1.54) is 62.4 Å². The van der Waals surface area contributed by atoms with Gasteiger partial charge in [-0.25, -0.2) is 14.8 Å². The van der Waals surface area contributed by atoms with Gasteiger partial charge in [-0.1, -0.05) is 49.4 Å². The number of ether oxygens (including phenoxy) is 3. The summed E-state index contributed by atoms with van der Waals surface area (Å²) in [6.07, 6.45) is -5.10. The predicted octanol–water partition coefficient (Wildman–Crippen LogP) is 6.04. The largest absolute Gasteiger partial charge is 0.513 e. The van der Waals surface area contributed by atoms with Crippen LogP contribution in [0, 0.1) is 0 Å². The second-order valence-electron chi connectivity index (χ2n) is 12.0. The first-order valence-corrected chi connectivity index (χ1v) is 16.3. The van der Waals surface area contributed by atoms with Crippen LogP contribution in [0.5, 0.6) is 5.75 Å². The molecule has 2 atom stereocenters. The minimum Gasteiger partial charge on any atom is -0.480 e. The lowest BCUT2D eigenvalue weighted by Crippen LogP contribution is -2.50. The number of alkyl halides is 3. The summed E-state index contributed by atoms with van der Waals surface area (Å²) in [7, 11) is 4.37. The standard InChI is InChI=1S/C37H36F3N5O9/c1-6-21(2)53-33(50)36(32(48)49,23-10-8-7-9-11-23)20-52-35(51)54-25-16-17-28(26(18-25)31(47)45(4)5)43-30(46)27-19-42-34(41-3)44-29(27)22-12-14-24(15-13-22)37(38,39)40/h7-19,21H,6,20H2,1-5H3,(H,43,46)(H,48,49)(H,41,42,44). The second kappa shape index (κ2) is 16.9. The lowest BCUT2D eigenvalue weighted by atomic mass is 9.81. The number of nitrogens with one attached hydrogen (secondary N) is 2. The molecule has 0 radical (unpaired) electrons. The fraction of sp³-hybridized carbons (Fsp3) is 0.270. The summed E-state index contributed by atoms with van der Waals surface area (Å²) in [6, 6.07) is 14.9. The quantitative estimate of drug-likeness (QED) is 0.0819. The summed E-state index contributed by atoms with van der Waals surface area (Å²) in [5.41, 5.74) is -3.56. The smallest absolute Gasteiger partial charge is 0.480 e. The van der Waals surface area contributed by atoms with Crippen LogP contribution in [0.2, 0.25) is 0 Å². The molecule has 14 nitrogen and oxygen atoms in total. The lowest BCUT2D eigenvalue weighted by Gasteiger charge is -2.28. The molecule has 54 heavy (non-hydrogen) atoms. The molecule has 0 fully saturated rings. The number of aromatic nitrogens is 2. The number of rotatable bonds is 13. The van der Waals surface area contributed by atoms with Gasteiger partial charge in [-0.05, 0) is 49.2 Å². The summed E-state index contributed by atoms with van der Waals surface area (Å²) >= 11 is 0. The van der Waals surface area contributed by atoms with Gasteiger partial charge in [0, 0.05) is 32.9 Å². The minimum atomic E-state index is -4.59. The summed E-state index contributed by atoms with van der Waals surface area (Å²) in [4.78, 5) is 75.2. The first kappa shape index (κ1) is 40.3. The van der Waals surface area contributed by atoms with Crippen LogP contribution in [-0.4, -0.2) is 83.7 Å². The summed E-state index contributed by atoms with van der Waals surface area (Å²) in [5, 5.41) is 15.5. The van der Waals surface area contributed by atoms with Gasteiger partial charge in [-0.2, -0.15) is 13.2 Å². The van der Waals surface area contributed by atoms with E-state index in [4.69, 9.17) is 14.2 Å². The van der Waals surface area contributed by atoms with Gasteiger partial charge in [0.05, 0.1) is 34.2 Å². The van der Waals surface area contributed by atoms with Crippen LogP contribution < -0.4 is 15.4 Å². The molecule has 3 aromatic carbocycles. The van der Waals surface area contributed by atoms with Gasteiger partial charge in [-0.3, -0.25) is 19.2 Å². The van der Waals surface area contributed by atoms with Crippen molar-refractivity contribution >= 4 is 41.5 Å². The molecule has 2 unspecified atom stereocenters. The molecule has 2 amide bonds. The predicted molar refractivity (Wildman–Crippen MR) is 188 cm³/mol. The van der Waals surface area contributed by atoms with E-state index < -0.39 is 59.8 Å². The average Bonchev–Trinajstić information content (AvgIpc) is 3.14. The Labute approximate surface area is 307 Å². The second-order valence-corrected chi connectivity index (χ2v) is 12.0. The Morgan fingerprint density at radius 2 is 1.59 bits per heavy atom. The third kappa shape index (κ3) is 9.09. The van der Waals surface area contributed by atoms with E-state index >= 15 is 0 Å². The van der Waals surface area contributed by atoms with Crippen molar-refractivity contribution in [2.75, 3.05) is 38.4 Å². The van der Waals surface area contributed by atoms with Crippen LogP contribution in [-0.2, 0) is 30.7 Å². The molecule has 4 aromatic rings. The zero-order chi connectivity index (χ0) is 39.8. The Kier molecular flexibility index (Phi) is 12.6. The normalized spacial score (nSPS) is 12.7. The highest BCUT2D eigenvalue weighted by Gasteiger charge is 2.51. The number of hydrogen-bond acceptors (Lipinski definition) is 11. The van der Waals surface area contributed by atoms with Crippen LogP contribution in [0.15, 0.2) is 79.0 Å². The van der Waals surface area contributed by atoms with Gasteiger partial charge in [0.2, 0.25) is 11.4 Å². The number of carbonyl (C=O) groups excluding carboxylic acids is 4. The Bertz CT molecular complexity index is 2030. The molecule has 0 spiro atoms. The molecule has 1 aromatic heterocycles. The fourth-order valence-corrected chi connectivity index (χ4v) is 4.92. The van der Waals surface area contributed by atoms with Crippen LogP contribution in [0.4, 0.5) is 29.6 Å². The molecule has 284 valence electrons. The fourth-order valence-electron chi connectivity index (χ4n) is 4.92. The first-order chi connectivity index (χ1) is 25.5. The number of nitrogens with zero attached hydrogens (tertiary/aromatic N) is 3. The number of benzene rings is 3. The highest BCUT2D eigenvalue weighted by atomic mass is 19.4. The zero-order valence-electron chi connectivity index (χ0n) is 29.7. The van der Waals surface area contributed by atoms with Gasteiger partial charge in [0.1, 0.15) is 12.4 Å². The zero-order valence-corrected chi connectivity index (χ0v) is 29.7. The molecular weight excluding hydrogens is 715 g/mol. The number of carbonyl (C=O) groups is 5. The van der Waals surface area contributed by atoms with Crippen molar-refractivity contribution in [3.8, 4) is 17.0 Å². The van der Waals surface area contributed by atoms with Crippen LogP contribution in [0.1, 0.15) is 52.1 Å². The molecule has 1 heterocycles. The Morgan fingerprint density at radius 3 is 2.17 bits per heavy atom. The number of aliphatic carboxylic acids is 1. The van der Waals surface area contributed by atoms with E-state index in [9.17, 15) is 42.3 Å². The minimum absolute atomic E-state index is 0.00922. The summed E-state index contributed by atoms with van der Waals surface area (Å²) in [5.74, 6) is -4.44. The maximum atomic E-state index is 13.6. The number of anilines is 2. The molecule has 4 rings (SSSR count). The van der Waals surface area contributed by atoms with Gasteiger partial charge < -0.3 is 34.9 Å². The van der Waals surface area contributed by atoms with Crippen LogP contribution in [0.3, 0.4) is 0 Å². The van der Waals surface area contributed by atoms with Crippen molar-refractivity contribution in [1.29, 1.82) is 0 Å². The molecule has 0 aliphatic carbocycles. The van der Waals surface area contributed by atoms with Gasteiger partial charge >= 0.3 is 24.3 Å². The van der Waals surface area contributed by atoms with Crippen molar-refractivity contribution in [3.63, 3.8) is 0 Å². The molecule has 0 saturated heterocycles. The van der Waals surface area contributed by atoms with E-state index in [-0.39, 0.29) is 45.3 Å². The first-order valence-electron chi connectivity index (χ1n) is 16.3. The average molecular weight is 752 g/mol. The molecule has 0 saturated carbocycles. The summed E-state index contributed by atoms with van der Waals surface area (Å²) < 4.78 is 55.4. The highest BCUT2D eigenvalue weighted by molar-refractivity contribution is 6.11. The Balaban J connectivity index is 1.62. The van der Waals surface area contributed by atoms with Crippen molar-refractivity contribution in [2.24, 2.45) is 0 Å². The molecule has 17 heteroatoms. The van der Waals surface area contributed by atoms with Crippen molar-refractivity contribution in [1.82, 2.24) is 14.9 Å². The third-order valence-electron chi connectivity index (χ3n) is 8.09. The molecular formula is C37H36F3N5O9. The third-order valence-corrected chi connectivity index (χ3v) is 8.09. The number of esters is 1. The van der Waals surface area contributed by atoms with E-state index in [1.807, 2.05) is 0 Å². The van der Waals surface area contributed by atoms with E-state index in [0.29, 0.717) is 6.42 Å². The Morgan fingerprint density at radius 1 is 0.926 bits per heavy atom. The number of amides is 2. The maximum absolute atomic E-state index is 13.6. The maximum Gasteiger partial charge on any atom is 0.513 e. The molecule has 3 N–H and O–H groups in total. The van der Waals surface area contributed by atoms with Crippen molar-refractivity contribution < 1.29 is 56.5 Å². The van der Waals surface area contributed by atoms with Gasteiger partial charge in [0.25, 0.3) is 11.8 Å². The van der Waals surface area contributed by atoms with Gasteiger partial charge in [-0.15, -0.1) is 0 Å². The van der Waals surface area contributed by atoms with E-state index in [2.05, 4.69) is 20.6 Å². The Hall–Kier alpha value is -6.52. The number of hydrogen-bond donors (Lipinski definition) is 3. The molecule has 0 aliphatic heterocycles. The monoisotopic (exact) mass is 751 g/mol. The SMILES string of the molecule is CCC(C)OC(=O)C(COC(=O)Oc1ccc(NC(=O)c2cnc(NC)nc2-c2ccc(C(F)(F)F)cc2)c(C(=O)N(C)C)c1)(C(=O)O)c1ccccc1. The van der Waals surface area contributed by atoms with Gasteiger partial charge in [0.15, 0.2) is 0 Å². The topological polar surface area (TPSA) is 186 Å². The van der Waals surface area contributed by atoms with E-state index in [0.717, 1.165) is 36.5 Å². The molecule has 0 bridgehead atoms. The van der Waals surface area contributed by atoms with Crippen LogP contribution in [0.25, 0.3) is 11.3 Å². The van der Waals surface area contributed by atoms with Crippen molar-refractivity contribution in [3.05, 3.63) is 101 Å².